The molecule has 0 saturated carbocycles. The van der Waals surface area contributed by atoms with Crippen molar-refractivity contribution in [2.24, 2.45) is 0 Å². The number of carbonyl (C=O) groups excluding carboxylic acids is 1. The van der Waals surface area contributed by atoms with Crippen LogP contribution in [0.15, 0.2) is 60.7 Å². The Morgan fingerprint density at radius 1 is 1.04 bits per heavy atom. The summed E-state index contributed by atoms with van der Waals surface area (Å²) in [6.07, 6.45) is 0.872. The number of benzene rings is 2. The molecule has 1 amide bonds. The van der Waals surface area contributed by atoms with Crippen molar-refractivity contribution in [1.82, 2.24) is 9.97 Å². The third-order valence-corrected chi connectivity index (χ3v) is 3.98. The van der Waals surface area contributed by atoms with Crippen molar-refractivity contribution < 1.29 is 9.53 Å². The number of hydrogen-bond acceptors (Lipinski definition) is 5. The van der Waals surface area contributed by atoms with Gasteiger partial charge in [-0.1, -0.05) is 30.3 Å². The average Bonchev–Trinajstić information content (AvgIpc) is 2.69. The monoisotopic (exact) mass is 362 g/mol. The fourth-order valence-electron chi connectivity index (χ4n) is 2.62. The Morgan fingerprint density at radius 2 is 1.78 bits per heavy atom. The van der Waals surface area contributed by atoms with Crippen molar-refractivity contribution in [2.45, 2.75) is 13.3 Å². The fourth-order valence-corrected chi connectivity index (χ4v) is 2.62. The van der Waals surface area contributed by atoms with Gasteiger partial charge in [-0.05, 0) is 43.2 Å². The van der Waals surface area contributed by atoms with Crippen LogP contribution >= 0.6 is 0 Å². The summed E-state index contributed by atoms with van der Waals surface area (Å²) >= 11 is 0. The van der Waals surface area contributed by atoms with Crippen LogP contribution in [0.2, 0.25) is 0 Å². The van der Waals surface area contributed by atoms with Crippen molar-refractivity contribution in [3.63, 3.8) is 0 Å². The fraction of sp³-hybridized carbons (Fsp3) is 0.190. The lowest BCUT2D eigenvalue weighted by molar-refractivity contribution is 0.102. The number of hydrogen-bond donors (Lipinski definition) is 2. The zero-order chi connectivity index (χ0) is 19.1. The summed E-state index contributed by atoms with van der Waals surface area (Å²) in [4.78, 5) is 21.1. The van der Waals surface area contributed by atoms with Gasteiger partial charge in [-0.15, -0.1) is 0 Å². The number of anilines is 2. The molecule has 6 nitrogen and oxygen atoms in total. The maximum absolute atomic E-state index is 12.5. The normalized spacial score (nSPS) is 10.3. The predicted molar refractivity (Wildman–Crippen MR) is 106 cm³/mol. The van der Waals surface area contributed by atoms with Gasteiger partial charge in [0.25, 0.3) is 5.91 Å². The smallest absolute Gasteiger partial charge is 0.274 e. The first-order valence-corrected chi connectivity index (χ1v) is 8.73. The summed E-state index contributed by atoms with van der Waals surface area (Å²) < 4.78 is 5.12. The molecule has 0 saturated heterocycles. The molecule has 3 aromatic rings. The number of nitrogens with one attached hydrogen (secondary N) is 2. The van der Waals surface area contributed by atoms with Crippen LogP contribution in [0.5, 0.6) is 5.75 Å². The molecule has 2 N–H and O–H groups in total. The first kappa shape index (κ1) is 18.4. The quantitative estimate of drug-likeness (QED) is 0.670. The van der Waals surface area contributed by atoms with Gasteiger partial charge in [0.15, 0.2) is 0 Å². The Kier molecular flexibility index (Phi) is 5.99. The van der Waals surface area contributed by atoms with Crippen LogP contribution in [0.25, 0.3) is 0 Å². The molecule has 2 aromatic carbocycles. The molecule has 27 heavy (non-hydrogen) atoms. The number of ether oxygens (including phenoxy) is 1. The minimum absolute atomic E-state index is 0.281. The Hall–Kier alpha value is -3.41. The SMILES string of the molecule is COc1ccc(NC(=O)c2cc(NCCc3ccccc3)nc(C)n2)cc1. The first-order chi connectivity index (χ1) is 13.1. The number of aryl methyl sites for hydroxylation is 1. The van der Waals surface area contributed by atoms with E-state index >= 15 is 0 Å². The second kappa shape index (κ2) is 8.80. The van der Waals surface area contributed by atoms with Crippen molar-refractivity contribution in [3.05, 3.63) is 77.7 Å². The molecule has 0 aliphatic carbocycles. The molecule has 3 rings (SSSR count). The molecular weight excluding hydrogens is 340 g/mol. The molecule has 0 aliphatic rings. The van der Waals surface area contributed by atoms with E-state index in [1.807, 2.05) is 18.2 Å². The lowest BCUT2D eigenvalue weighted by Crippen LogP contribution is -2.16. The van der Waals surface area contributed by atoms with Gasteiger partial charge in [0.05, 0.1) is 7.11 Å². The summed E-state index contributed by atoms with van der Waals surface area (Å²) in [5, 5.41) is 6.09. The van der Waals surface area contributed by atoms with E-state index in [4.69, 9.17) is 4.74 Å². The molecule has 6 heteroatoms. The summed E-state index contributed by atoms with van der Waals surface area (Å²) in [5.41, 5.74) is 2.24. The Morgan fingerprint density at radius 3 is 2.48 bits per heavy atom. The topological polar surface area (TPSA) is 76.1 Å². The number of aromatic nitrogens is 2. The van der Waals surface area contributed by atoms with Crippen LogP contribution < -0.4 is 15.4 Å². The Bertz CT molecular complexity index is 896. The first-order valence-electron chi connectivity index (χ1n) is 8.73. The lowest BCUT2D eigenvalue weighted by Gasteiger charge is -2.10. The summed E-state index contributed by atoms with van der Waals surface area (Å²) in [7, 11) is 1.60. The van der Waals surface area contributed by atoms with Crippen LogP contribution in [-0.2, 0) is 6.42 Å². The minimum Gasteiger partial charge on any atom is -0.497 e. The van der Waals surface area contributed by atoms with E-state index in [1.165, 1.54) is 5.56 Å². The van der Waals surface area contributed by atoms with Gasteiger partial charge in [0.1, 0.15) is 23.1 Å². The summed E-state index contributed by atoms with van der Waals surface area (Å²) in [5.74, 6) is 1.63. The molecule has 1 aromatic heterocycles. The van der Waals surface area contributed by atoms with Crippen LogP contribution in [0.4, 0.5) is 11.5 Å². The predicted octanol–water partition coefficient (Wildman–Crippen LogP) is 3.70. The molecule has 138 valence electrons. The maximum Gasteiger partial charge on any atom is 0.274 e. The van der Waals surface area contributed by atoms with Crippen LogP contribution in [-0.4, -0.2) is 29.5 Å². The van der Waals surface area contributed by atoms with Gasteiger partial charge < -0.3 is 15.4 Å². The van der Waals surface area contributed by atoms with Gasteiger partial charge in [-0.3, -0.25) is 4.79 Å². The minimum atomic E-state index is -0.281. The molecular formula is C21H22N4O2. The molecule has 1 heterocycles. The third kappa shape index (κ3) is 5.28. The van der Waals surface area contributed by atoms with Crippen LogP contribution in [0, 0.1) is 6.92 Å². The van der Waals surface area contributed by atoms with Gasteiger partial charge in [-0.25, -0.2) is 9.97 Å². The molecule has 0 spiro atoms. The Balaban J connectivity index is 1.63. The standard InChI is InChI=1S/C21H22N4O2/c1-15-23-19(21(26)25-17-8-10-18(27-2)11-9-17)14-20(24-15)22-13-12-16-6-4-3-5-7-16/h3-11,14H,12-13H2,1-2H3,(H,25,26)(H,22,23,24). The third-order valence-electron chi connectivity index (χ3n) is 3.98. The van der Waals surface area contributed by atoms with Crippen molar-refractivity contribution >= 4 is 17.4 Å². The second-order valence-electron chi connectivity index (χ2n) is 6.03. The highest BCUT2D eigenvalue weighted by Gasteiger charge is 2.11. The second-order valence-corrected chi connectivity index (χ2v) is 6.03. The lowest BCUT2D eigenvalue weighted by atomic mass is 10.1. The van der Waals surface area contributed by atoms with Crippen molar-refractivity contribution in [3.8, 4) is 5.75 Å². The van der Waals surface area contributed by atoms with Crippen LogP contribution in [0.3, 0.4) is 0 Å². The number of methoxy groups -OCH3 is 1. The van der Waals surface area contributed by atoms with E-state index in [9.17, 15) is 4.79 Å². The van der Waals surface area contributed by atoms with E-state index in [-0.39, 0.29) is 5.91 Å². The Labute approximate surface area is 158 Å². The highest BCUT2D eigenvalue weighted by Crippen LogP contribution is 2.16. The van der Waals surface area contributed by atoms with Crippen molar-refractivity contribution in [1.29, 1.82) is 0 Å². The van der Waals surface area contributed by atoms with E-state index in [0.717, 1.165) is 18.7 Å². The number of nitrogens with zero attached hydrogens (tertiary/aromatic N) is 2. The van der Waals surface area contributed by atoms with Crippen LogP contribution in [0.1, 0.15) is 21.9 Å². The number of carbonyl (C=O) groups is 1. The van der Waals surface area contributed by atoms with Gasteiger partial charge in [-0.2, -0.15) is 0 Å². The zero-order valence-corrected chi connectivity index (χ0v) is 15.4. The molecule has 0 atom stereocenters. The summed E-state index contributed by atoms with van der Waals surface area (Å²) in [6, 6.07) is 19.0. The van der Waals surface area contributed by atoms with Gasteiger partial charge in [0.2, 0.25) is 0 Å². The molecule has 0 aliphatic heterocycles. The molecule has 0 bridgehead atoms. The zero-order valence-electron chi connectivity index (χ0n) is 15.4. The molecule has 0 fully saturated rings. The largest absolute Gasteiger partial charge is 0.497 e. The average molecular weight is 362 g/mol. The molecule has 0 radical (unpaired) electrons. The maximum atomic E-state index is 12.5. The highest BCUT2D eigenvalue weighted by molar-refractivity contribution is 6.03. The van der Waals surface area contributed by atoms with E-state index in [0.29, 0.717) is 23.0 Å². The van der Waals surface area contributed by atoms with Gasteiger partial charge in [0, 0.05) is 18.3 Å². The van der Waals surface area contributed by atoms with E-state index in [1.54, 1.807) is 44.4 Å². The van der Waals surface area contributed by atoms with Crippen molar-refractivity contribution in [2.75, 3.05) is 24.3 Å². The number of rotatable bonds is 7. The number of amides is 1. The highest BCUT2D eigenvalue weighted by atomic mass is 16.5. The van der Waals surface area contributed by atoms with E-state index in [2.05, 4.69) is 32.7 Å². The van der Waals surface area contributed by atoms with E-state index < -0.39 is 0 Å². The summed E-state index contributed by atoms with van der Waals surface area (Å²) in [6.45, 7) is 2.49. The van der Waals surface area contributed by atoms with Gasteiger partial charge >= 0.3 is 0 Å². The molecule has 0 unspecified atom stereocenters.